The third-order valence-electron chi connectivity index (χ3n) is 5.14. The zero-order valence-electron chi connectivity index (χ0n) is 15.3. The molecule has 1 aliphatic heterocycles. The first kappa shape index (κ1) is 17.5. The summed E-state index contributed by atoms with van der Waals surface area (Å²) in [6.45, 7) is 9.61. The SMILES string of the molecule is Cc1cccc(C)c1NC(=O)N1CCN(C(C)c2ccccc2)CC1. The molecule has 0 aliphatic carbocycles. The molecule has 0 spiro atoms. The van der Waals surface area contributed by atoms with E-state index in [9.17, 15) is 4.79 Å². The smallest absolute Gasteiger partial charge is 0.321 e. The molecule has 0 bridgehead atoms. The van der Waals surface area contributed by atoms with E-state index >= 15 is 0 Å². The average molecular weight is 337 g/mol. The predicted octanol–water partition coefficient (Wildman–Crippen LogP) is 4.21. The first-order chi connectivity index (χ1) is 12.1. The van der Waals surface area contributed by atoms with Gasteiger partial charge in [-0.05, 0) is 37.5 Å². The van der Waals surface area contributed by atoms with Crippen LogP contribution in [0.15, 0.2) is 48.5 Å². The third kappa shape index (κ3) is 4.02. The van der Waals surface area contributed by atoms with Crippen LogP contribution in [0, 0.1) is 13.8 Å². The van der Waals surface area contributed by atoms with Gasteiger partial charge in [-0.1, -0.05) is 48.5 Å². The fourth-order valence-electron chi connectivity index (χ4n) is 3.45. The van der Waals surface area contributed by atoms with Gasteiger partial charge >= 0.3 is 6.03 Å². The Labute approximate surface area is 150 Å². The fraction of sp³-hybridized carbons (Fsp3) is 0.381. The number of para-hydroxylation sites is 1. The molecule has 1 N–H and O–H groups in total. The zero-order chi connectivity index (χ0) is 17.8. The fourth-order valence-corrected chi connectivity index (χ4v) is 3.45. The van der Waals surface area contributed by atoms with Gasteiger partial charge in [0.2, 0.25) is 0 Å². The second-order valence-electron chi connectivity index (χ2n) is 6.81. The van der Waals surface area contributed by atoms with Gasteiger partial charge in [0.15, 0.2) is 0 Å². The Bertz CT molecular complexity index is 701. The van der Waals surface area contributed by atoms with Crippen LogP contribution in [0.25, 0.3) is 0 Å². The summed E-state index contributed by atoms with van der Waals surface area (Å²) in [5.74, 6) is 0. The molecule has 0 aromatic heterocycles. The molecular formula is C21H27N3O. The number of amides is 2. The molecule has 1 saturated heterocycles. The van der Waals surface area contributed by atoms with Gasteiger partial charge in [-0.3, -0.25) is 4.90 Å². The topological polar surface area (TPSA) is 35.6 Å². The number of aryl methyl sites for hydroxylation is 2. The van der Waals surface area contributed by atoms with Crippen LogP contribution in [-0.2, 0) is 0 Å². The number of hydrogen-bond acceptors (Lipinski definition) is 2. The van der Waals surface area contributed by atoms with Crippen molar-refractivity contribution in [1.82, 2.24) is 9.80 Å². The average Bonchev–Trinajstić information content (AvgIpc) is 2.65. The summed E-state index contributed by atoms with van der Waals surface area (Å²) in [6, 6.07) is 17.0. The van der Waals surface area contributed by atoms with Crippen LogP contribution in [0.1, 0.15) is 29.7 Å². The van der Waals surface area contributed by atoms with Crippen LogP contribution in [0.4, 0.5) is 10.5 Å². The minimum absolute atomic E-state index is 0.00409. The summed E-state index contributed by atoms with van der Waals surface area (Å²) in [5, 5.41) is 3.09. The van der Waals surface area contributed by atoms with Gasteiger partial charge in [0.1, 0.15) is 0 Å². The Hall–Kier alpha value is -2.33. The van der Waals surface area contributed by atoms with E-state index in [0.29, 0.717) is 6.04 Å². The van der Waals surface area contributed by atoms with Crippen molar-refractivity contribution in [1.29, 1.82) is 0 Å². The lowest BCUT2D eigenvalue weighted by Gasteiger charge is -2.38. The van der Waals surface area contributed by atoms with Crippen molar-refractivity contribution in [2.75, 3.05) is 31.5 Å². The van der Waals surface area contributed by atoms with Gasteiger partial charge in [0, 0.05) is 37.9 Å². The molecule has 1 atom stereocenters. The van der Waals surface area contributed by atoms with E-state index in [1.165, 1.54) is 5.56 Å². The number of carbonyl (C=O) groups is 1. The minimum atomic E-state index is 0.00409. The van der Waals surface area contributed by atoms with Gasteiger partial charge < -0.3 is 10.2 Å². The molecule has 3 rings (SSSR count). The molecule has 0 saturated carbocycles. The molecule has 2 aromatic carbocycles. The highest BCUT2D eigenvalue weighted by Gasteiger charge is 2.25. The van der Waals surface area contributed by atoms with Crippen LogP contribution in [0.5, 0.6) is 0 Å². The lowest BCUT2D eigenvalue weighted by molar-refractivity contribution is 0.119. The Morgan fingerprint density at radius 1 is 0.920 bits per heavy atom. The molecule has 1 heterocycles. The van der Waals surface area contributed by atoms with E-state index < -0.39 is 0 Å². The molecule has 1 fully saturated rings. The molecule has 1 unspecified atom stereocenters. The second kappa shape index (κ2) is 7.70. The van der Waals surface area contributed by atoms with Gasteiger partial charge in [-0.2, -0.15) is 0 Å². The van der Waals surface area contributed by atoms with E-state index in [1.54, 1.807) is 0 Å². The van der Waals surface area contributed by atoms with Crippen LogP contribution in [0.2, 0.25) is 0 Å². The Balaban J connectivity index is 1.58. The summed E-state index contributed by atoms with van der Waals surface area (Å²) in [5.41, 5.74) is 4.47. The molecule has 4 nitrogen and oxygen atoms in total. The van der Waals surface area contributed by atoms with Crippen molar-refractivity contribution in [2.24, 2.45) is 0 Å². The second-order valence-corrected chi connectivity index (χ2v) is 6.81. The molecule has 2 aromatic rings. The molecule has 2 amide bonds. The van der Waals surface area contributed by atoms with Gasteiger partial charge in [0.05, 0.1) is 0 Å². The van der Waals surface area contributed by atoms with Gasteiger partial charge in [0.25, 0.3) is 0 Å². The highest BCUT2D eigenvalue weighted by Crippen LogP contribution is 2.23. The van der Waals surface area contributed by atoms with E-state index in [2.05, 4.69) is 41.4 Å². The standard InChI is InChI=1S/C21H27N3O/c1-16-8-7-9-17(2)20(16)22-21(25)24-14-12-23(13-15-24)18(3)19-10-5-4-6-11-19/h4-11,18H,12-15H2,1-3H3,(H,22,25). The highest BCUT2D eigenvalue weighted by molar-refractivity contribution is 5.91. The maximum Gasteiger partial charge on any atom is 0.321 e. The normalized spacial score (nSPS) is 16.5. The summed E-state index contributed by atoms with van der Waals surface area (Å²) in [4.78, 5) is 17.0. The van der Waals surface area contributed by atoms with E-state index in [1.807, 2.05) is 43.0 Å². The lowest BCUT2D eigenvalue weighted by atomic mass is 10.1. The first-order valence-electron chi connectivity index (χ1n) is 8.97. The molecule has 1 aliphatic rings. The number of hydrogen-bond donors (Lipinski definition) is 1. The minimum Gasteiger partial charge on any atom is -0.322 e. The van der Waals surface area contributed by atoms with E-state index in [0.717, 1.165) is 43.0 Å². The predicted molar refractivity (Wildman–Crippen MR) is 103 cm³/mol. The number of rotatable bonds is 3. The zero-order valence-corrected chi connectivity index (χ0v) is 15.3. The monoisotopic (exact) mass is 337 g/mol. The Morgan fingerprint density at radius 2 is 1.52 bits per heavy atom. The highest BCUT2D eigenvalue weighted by atomic mass is 16.2. The Morgan fingerprint density at radius 3 is 2.12 bits per heavy atom. The van der Waals surface area contributed by atoms with Crippen LogP contribution in [-0.4, -0.2) is 42.0 Å². The van der Waals surface area contributed by atoms with Crippen molar-refractivity contribution >= 4 is 11.7 Å². The quantitative estimate of drug-likeness (QED) is 0.910. The van der Waals surface area contributed by atoms with Crippen LogP contribution < -0.4 is 5.32 Å². The van der Waals surface area contributed by atoms with Crippen molar-refractivity contribution in [3.05, 3.63) is 65.2 Å². The number of piperazine rings is 1. The largest absolute Gasteiger partial charge is 0.322 e. The maximum absolute atomic E-state index is 12.6. The van der Waals surface area contributed by atoms with Gasteiger partial charge in [-0.25, -0.2) is 4.79 Å². The number of urea groups is 1. The number of carbonyl (C=O) groups excluding carboxylic acids is 1. The van der Waals surface area contributed by atoms with Crippen molar-refractivity contribution < 1.29 is 4.79 Å². The number of anilines is 1. The van der Waals surface area contributed by atoms with E-state index in [4.69, 9.17) is 0 Å². The number of nitrogens with zero attached hydrogens (tertiary/aromatic N) is 2. The van der Waals surface area contributed by atoms with Gasteiger partial charge in [-0.15, -0.1) is 0 Å². The summed E-state index contributed by atoms with van der Waals surface area (Å²) < 4.78 is 0. The Kier molecular flexibility index (Phi) is 5.39. The summed E-state index contributed by atoms with van der Waals surface area (Å²) in [6.07, 6.45) is 0. The lowest BCUT2D eigenvalue weighted by Crippen LogP contribution is -2.50. The van der Waals surface area contributed by atoms with Crippen molar-refractivity contribution in [3.8, 4) is 0 Å². The van der Waals surface area contributed by atoms with Crippen LogP contribution >= 0.6 is 0 Å². The first-order valence-corrected chi connectivity index (χ1v) is 8.97. The molecule has 4 heteroatoms. The molecule has 132 valence electrons. The van der Waals surface area contributed by atoms with Crippen molar-refractivity contribution in [2.45, 2.75) is 26.8 Å². The molecule has 0 radical (unpaired) electrons. The van der Waals surface area contributed by atoms with E-state index in [-0.39, 0.29) is 6.03 Å². The summed E-state index contributed by atoms with van der Waals surface area (Å²) >= 11 is 0. The molecule has 25 heavy (non-hydrogen) atoms. The van der Waals surface area contributed by atoms with Crippen molar-refractivity contribution in [3.63, 3.8) is 0 Å². The van der Waals surface area contributed by atoms with Crippen LogP contribution in [0.3, 0.4) is 0 Å². The third-order valence-corrected chi connectivity index (χ3v) is 5.14. The number of nitrogens with one attached hydrogen (secondary N) is 1. The number of benzene rings is 2. The molecular weight excluding hydrogens is 310 g/mol. The maximum atomic E-state index is 12.6. The summed E-state index contributed by atoms with van der Waals surface area (Å²) in [7, 11) is 0.